The fourth-order valence-corrected chi connectivity index (χ4v) is 2.24. The van der Waals surface area contributed by atoms with Crippen LogP contribution in [0, 0.1) is 0 Å². The summed E-state index contributed by atoms with van der Waals surface area (Å²) in [4.78, 5) is 4.12. The third-order valence-electron chi connectivity index (χ3n) is 3.08. The van der Waals surface area contributed by atoms with Crippen molar-refractivity contribution in [1.82, 2.24) is 4.98 Å². The average Bonchev–Trinajstić information content (AvgIpc) is 2.45. The van der Waals surface area contributed by atoms with Crippen molar-refractivity contribution in [2.24, 2.45) is 0 Å². The van der Waals surface area contributed by atoms with Crippen molar-refractivity contribution >= 4 is 34.8 Å². The Morgan fingerprint density at radius 1 is 1.25 bits per heavy atom. The molecule has 2 rings (SSSR count). The number of nitrogens with one attached hydrogen (secondary N) is 1. The van der Waals surface area contributed by atoms with Crippen LogP contribution in [0.5, 0.6) is 0 Å². The first-order valence-electron chi connectivity index (χ1n) is 6.02. The number of halogens is 2. The molecular formula is C14H15Cl2N3O. The molecule has 4 nitrogen and oxygen atoms in total. The zero-order valence-corrected chi connectivity index (χ0v) is 12.4. The van der Waals surface area contributed by atoms with Crippen molar-refractivity contribution in [3.05, 3.63) is 52.0 Å². The Morgan fingerprint density at radius 3 is 2.50 bits per heavy atom. The van der Waals surface area contributed by atoms with Crippen molar-refractivity contribution in [2.45, 2.75) is 12.5 Å². The fraction of sp³-hybridized carbons (Fsp3) is 0.214. The molecule has 0 spiro atoms. The summed E-state index contributed by atoms with van der Waals surface area (Å²) in [7, 11) is 0. The first-order chi connectivity index (χ1) is 9.46. The van der Waals surface area contributed by atoms with Gasteiger partial charge >= 0.3 is 0 Å². The van der Waals surface area contributed by atoms with Gasteiger partial charge in [0.2, 0.25) is 0 Å². The zero-order chi connectivity index (χ0) is 14.8. The van der Waals surface area contributed by atoms with Crippen molar-refractivity contribution < 1.29 is 5.11 Å². The number of aliphatic hydroxyl groups excluding tert-OH is 1. The Balaban J connectivity index is 2.38. The minimum atomic E-state index is -0.724. The second-order valence-corrected chi connectivity index (χ2v) is 5.48. The van der Waals surface area contributed by atoms with Gasteiger partial charge in [-0.15, -0.1) is 0 Å². The van der Waals surface area contributed by atoms with Gasteiger partial charge in [0.25, 0.3) is 0 Å². The first-order valence-corrected chi connectivity index (χ1v) is 6.78. The van der Waals surface area contributed by atoms with Crippen LogP contribution in [0.25, 0.3) is 0 Å². The van der Waals surface area contributed by atoms with Gasteiger partial charge < -0.3 is 16.2 Å². The molecule has 0 fully saturated rings. The number of nitrogen functional groups attached to an aromatic ring is 1. The number of hydrogen-bond acceptors (Lipinski definition) is 4. The molecule has 0 bridgehead atoms. The Hall–Kier alpha value is -1.49. The van der Waals surface area contributed by atoms with Crippen LogP contribution in [0.15, 0.2) is 36.4 Å². The summed E-state index contributed by atoms with van der Waals surface area (Å²) in [5, 5.41) is 13.5. The summed E-state index contributed by atoms with van der Waals surface area (Å²) >= 11 is 12.0. The highest BCUT2D eigenvalue weighted by molar-refractivity contribution is 6.37. The van der Waals surface area contributed by atoms with E-state index in [0.29, 0.717) is 15.9 Å². The third-order valence-corrected chi connectivity index (χ3v) is 3.67. The molecule has 4 N–H and O–H groups in total. The Bertz CT molecular complexity index is 607. The van der Waals surface area contributed by atoms with Gasteiger partial charge in [-0.3, -0.25) is 0 Å². The SMILES string of the molecule is CC(CO)(Nc1nc(N)c(Cl)cc1Cl)c1ccccc1. The van der Waals surface area contributed by atoms with Gasteiger partial charge in [0.15, 0.2) is 0 Å². The molecule has 1 unspecified atom stereocenters. The van der Waals surface area contributed by atoms with Crippen LogP contribution in [0.4, 0.5) is 11.6 Å². The molecule has 106 valence electrons. The highest BCUT2D eigenvalue weighted by Crippen LogP contribution is 2.32. The smallest absolute Gasteiger partial charge is 0.148 e. The van der Waals surface area contributed by atoms with E-state index < -0.39 is 5.54 Å². The second-order valence-electron chi connectivity index (χ2n) is 4.67. The van der Waals surface area contributed by atoms with E-state index in [2.05, 4.69) is 10.3 Å². The lowest BCUT2D eigenvalue weighted by atomic mass is 9.93. The van der Waals surface area contributed by atoms with Crippen LogP contribution < -0.4 is 11.1 Å². The zero-order valence-electron chi connectivity index (χ0n) is 10.9. The van der Waals surface area contributed by atoms with Gasteiger partial charge in [-0.05, 0) is 18.6 Å². The lowest BCUT2D eigenvalue weighted by Crippen LogP contribution is -2.36. The molecule has 0 radical (unpaired) electrons. The summed E-state index contributed by atoms with van der Waals surface area (Å²) < 4.78 is 0. The van der Waals surface area contributed by atoms with Crippen molar-refractivity contribution in [3.8, 4) is 0 Å². The summed E-state index contributed by atoms with van der Waals surface area (Å²) in [6.07, 6.45) is 0. The maximum Gasteiger partial charge on any atom is 0.148 e. The van der Waals surface area contributed by atoms with E-state index in [9.17, 15) is 5.11 Å². The molecule has 0 aliphatic heterocycles. The number of aromatic nitrogens is 1. The number of pyridine rings is 1. The maximum atomic E-state index is 9.72. The third kappa shape index (κ3) is 2.98. The molecule has 0 amide bonds. The number of anilines is 2. The standard InChI is InChI=1S/C14H15Cl2N3O/c1-14(8-20,9-5-3-2-4-6-9)19-13-11(16)7-10(15)12(17)18-13/h2-7,20H,8H2,1H3,(H3,17,18,19). The summed E-state index contributed by atoms with van der Waals surface area (Å²) in [6.45, 7) is 1.72. The lowest BCUT2D eigenvalue weighted by molar-refractivity contribution is 0.223. The normalized spacial score (nSPS) is 13.8. The average molecular weight is 312 g/mol. The number of rotatable bonds is 4. The molecule has 0 aliphatic rings. The largest absolute Gasteiger partial charge is 0.394 e. The van der Waals surface area contributed by atoms with E-state index in [4.69, 9.17) is 28.9 Å². The molecule has 0 saturated heterocycles. The summed E-state index contributed by atoms with van der Waals surface area (Å²) in [5.74, 6) is 0.570. The molecule has 1 aromatic carbocycles. The first kappa shape index (κ1) is 14.9. The number of nitrogens with two attached hydrogens (primary N) is 1. The minimum Gasteiger partial charge on any atom is -0.394 e. The van der Waals surface area contributed by atoms with Crippen LogP contribution in [0.3, 0.4) is 0 Å². The maximum absolute atomic E-state index is 9.72. The number of nitrogens with zero attached hydrogens (tertiary/aromatic N) is 1. The predicted molar refractivity (Wildman–Crippen MR) is 83.2 cm³/mol. The van der Waals surface area contributed by atoms with Crippen LogP contribution in [-0.4, -0.2) is 16.7 Å². The van der Waals surface area contributed by atoms with Crippen molar-refractivity contribution in [1.29, 1.82) is 0 Å². The minimum absolute atomic E-state index is 0.127. The summed E-state index contributed by atoms with van der Waals surface area (Å²) in [5.41, 5.74) is 5.87. The molecule has 2 aromatic rings. The molecule has 0 saturated carbocycles. The molecule has 1 atom stereocenters. The van der Waals surface area contributed by atoms with Crippen molar-refractivity contribution in [3.63, 3.8) is 0 Å². The van der Waals surface area contributed by atoms with E-state index in [1.807, 2.05) is 37.3 Å². The van der Waals surface area contributed by atoms with Gasteiger partial charge in [-0.1, -0.05) is 53.5 Å². The lowest BCUT2D eigenvalue weighted by Gasteiger charge is -2.30. The quantitative estimate of drug-likeness (QED) is 0.810. The van der Waals surface area contributed by atoms with Crippen LogP contribution in [0.2, 0.25) is 10.0 Å². The fourth-order valence-electron chi connectivity index (χ4n) is 1.84. The molecule has 1 aromatic heterocycles. The van der Waals surface area contributed by atoms with Crippen molar-refractivity contribution in [2.75, 3.05) is 17.7 Å². The van der Waals surface area contributed by atoms with E-state index in [-0.39, 0.29) is 12.4 Å². The monoisotopic (exact) mass is 311 g/mol. The number of hydrogen-bond donors (Lipinski definition) is 3. The van der Waals surface area contributed by atoms with E-state index >= 15 is 0 Å². The Labute approximate surface area is 127 Å². The Morgan fingerprint density at radius 2 is 1.90 bits per heavy atom. The molecule has 0 aliphatic carbocycles. The van der Waals surface area contributed by atoms with Gasteiger partial charge in [-0.2, -0.15) is 0 Å². The predicted octanol–water partition coefficient (Wildman–Crippen LogP) is 3.29. The molecule has 1 heterocycles. The second kappa shape index (κ2) is 5.87. The van der Waals surface area contributed by atoms with E-state index in [1.54, 1.807) is 0 Å². The highest BCUT2D eigenvalue weighted by atomic mass is 35.5. The van der Waals surface area contributed by atoms with Gasteiger partial charge in [0, 0.05) is 0 Å². The van der Waals surface area contributed by atoms with Gasteiger partial charge in [0.1, 0.15) is 11.6 Å². The topological polar surface area (TPSA) is 71.2 Å². The molecule has 6 heteroatoms. The van der Waals surface area contributed by atoms with Gasteiger partial charge in [-0.25, -0.2) is 4.98 Å². The van der Waals surface area contributed by atoms with Crippen LogP contribution >= 0.6 is 23.2 Å². The van der Waals surface area contributed by atoms with E-state index in [1.165, 1.54) is 6.07 Å². The van der Waals surface area contributed by atoms with Crippen LogP contribution in [-0.2, 0) is 5.54 Å². The molecular weight excluding hydrogens is 297 g/mol. The Kier molecular flexibility index (Phi) is 4.38. The summed E-state index contributed by atoms with van der Waals surface area (Å²) in [6, 6.07) is 11.1. The number of aliphatic hydroxyl groups is 1. The van der Waals surface area contributed by atoms with Gasteiger partial charge in [0.05, 0.1) is 22.2 Å². The number of benzene rings is 1. The van der Waals surface area contributed by atoms with E-state index in [0.717, 1.165) is 5.56 Å². The van der Waals surface area contributed by atoms with Crippen LogP contribution in [0.1, 0.15) is 12.5 Å². The molecule has 20 heavy (non-hydrogen) atoms. The highest BCUT2D eigenvalue weighted by Gasteiger charge is 2.27.